The van der Waals surface area contributed by atoms with Gasteiger partial charge in [-0.3, -0.25) is 9.48 Å². The monoisotopic (exact) mass is 425 g/mol. The Morgan fingerprint density at radius 1 is 1.20 bits per heavy atom. The Bertz CT molecular complexity index is 921. The maximum absolute atomic E-state index is 13.6. The lowest BCUT2D eigenvalue weighted by Crippen LogP contribution is -2.47. The van der Waals surface area contributed by atoms with Crippen LogP contribution in [0.15, 0.2) is 12.4 Å². The van der Waals surface area contributed by atoms with Crippen LogP contribution in [0, 0.1) is 0 Å². The van der Waals surface area contributed by atoms with Gasteiger partial charge < -0.3 is 19.9 Å². The van der Waals surface area contributed by atoms with Crippen LogP contribution in [0.4, 0.5) is 19.1 Å². The largest absolute Gasteiger partial charge is 0.492 e. The second-order valence-electron chi connectivity index (χ2n) is 7.15. The van der Waals surface area contributed by atoms with Gasteiger partial charge in [-0.25, -0.2) is 9.97 Å². The molecule has 2 fully saturated rings. The molecule has 12 heteroatoms. The van der Waals surface area contributed by atoms with Crippen molar-refractivity contribution in [1.82, 2.24) is 30.0 Å². The van der Waals surface area contributed by atoms with Crippen molar-refractivity contribution in [2.24, 2.45) is 0 Å². The van der Waals surface area contributed by atoms with E-state index in [1.54, 1.807) is 9.80 Å². The maximum Gasteiger partial charge on any atom is 0.437 e. The minimum atomic E-state index is -4.70. The Morgan fingerprint density at radius 2 is 1.93 bits per heavy atom. The van der Waals surface area contributed by atoms with E-state index in [2.05, 4.69) is 20.4 Å². The first-order valence-electron chi connectivity index (χ1n) is 9.66. The molecule has 2 aromatic rings. The van der Waals surface area contributed by atoms with Crippen LogP contribution in [-0.4, -0.2) is 76.9 Å². The van der Waals surface area contributed by atoms with Crippen LogP contribution in [0.2, 0.25) is 0 Å². The molecule has 4 rings (SSSR count). The summed E-state index contributed by atoms with van der Waals surface area (Å²) in [5.74, 6) is -0.549. The minimum Gasteiger partial charge on any atom is -0.492 e. The normalized spacial score (nSPS) is 17.1. The van der Waals surface area contributed by atoms with Gasteiger partial charge in [-0.2, -0.15) is 18.3 Å². The summed E-state index contributed by atoms with van der Waals surface area (Å²) >= 11 is 0. The number of methoxy groups -OCH3 is 1. The standard InChI is InChI=1S/C18H22F3N7O2/c1-30-15-14(24-17(27-5-2-6-27)25-16(15)18(19,20)21)12-9-23-28(10-12)11-13(29)26-7-3-22-4-8-26/h9-10,22H,2-8,11H2,1H3. The molecule has 0 bridgehead atoms. The van der Waals surface area contributed by atoms with Gasteiger partial charge in [-0.1, -0.05) is 0 Å². The molecule has 0 unspecified atom stereocenters. The molecular weight excluding hydrogens is 403 g/mol. The number of anilines is 1. The number of amides is 1. The average Bonchev–Trinajstić information content (AvgIpc) is 3.14. The molecule has 2 saturated heterocycles. The van der Waals surface area contributed by atoms with Crippen molar-refractivity contribution in [3.63, 3.8) is 0 Å². The van der Waals surface area contributed by atoms with Gasteiger partial charge in [0.1, 0.15) is 12.2 Å². The summed E-state index contributed by atoms with van der Waals surface area (Å²) in [5, 5.41) is 7.32. The van der Waals surface area contributed by atoms with Crippen LogP contribution in [0.5, 0.6) is 5.75 Å². The lowest BCUT2D eigenvalue weighted by Gasteiger charge is -2.31. The summed E-state index contributed by atoms with van der Waals surface area (Å²) in [4.78, 5) is 23.9. The molecule has 0 radical (unpaired) electrons. The molecule has 2 aliphatic heterocycles. The highest BCUT2D eigenvalue weighted by Crippen LogP contribution is 2.41. The number of rotatable bonds is 5. The third-order valence-electron chi connectivity index (χ3n) is 5.14. The number of hydrogen-bond donors (Lipinski definition) is 1. The van der Waals surface area contributed by atoms with E-state index in [-0.39, 0.29) is 24.1 Å². The Hall–Kier alpha value is -2.89. The second-order valence-corrected chi connectivity index (χ2v) is 7.15. The average molecular weight is 425 g/mol. The number of hydrogen-bond acceptors (Lipinski definition) is 7. The van der Waals surface area contributed by atoms with Gasteiger partial charge in [0.05, 0.1) is 13.3 Å². The molecule has 2 aromatic heterocycles. The minimum absolute atomic E-state index is 0.00148. The summed E-state index contributed by atoms with van der Waals surface area (Å²) in [6.07, 6.45) is -0.935. The topological polar surface area (TPSA) is 88.4 Å². The van der Waals surface area contributed by atoms with Crippen molar-refractivity contribution < 1.29 is 22.7 Å². The van der Waals surface area contributed by atoms with E-state index in [0.29, 0.717) is 31.7 Å². The highest BCUT2D eigenvalue weighted by atomic mass is 19.4. The number of aromatic nitrogens is 4. The molecule has 9 nitrogen and oxygen atoms in total. The number of piperazine rings is 1. The van der Waals surface area contributed by atoms with Crippen LogP contribution < -0.4 is 15.0 Å². The van der Waals surface area contributed by atoms with Crippen LogP contribution in [0.3, 0.4) is 0 Å². The lowest BCUT2D eigenvalue weighted by molar-refractivity contribution is -0.142. The van der Waals surface area contributed by atoms with E-state index in [4.69, 9.17) is 4.74 Å². The number of nitrogens with one attached hydrogen (secondary N) is 1. The fraction of sp³-hybridized carbons (Fsp3) is 0.556. The number of carbonyl (C=O) groups is 1. The Morgan fingerprint density at radius 3 is 2.53 bits per heavy atom. The second kappa shape index (κ2) is 8.09. The lowest BCUT2D eigenvalue weighted by atomic mass is 10.2. The summed E-state index contributed by atoms with van der Waals surface area (Å²) in [5.41, 5.74) is -0.793. The van der Waals surface area contributed by atoms with Crippen molar-refractivity contribution in [1.29, 1.82) is 0 Å². The third-order valence-corrected chi connectivity index (χ3v) is 5.14. The Labute approximate surface area is 170 Å². The van der Waals surface area contributed by atoms with E-state index in [1.807, 2.05) is 0 Å². The number of carbonyl (C=O) groups excluding carboxylic acids is 1. The quantitative estimate of drug-likeness (QED) is 0.765. The van der Waals surface area contributed by atoms with Crippen LogP contribution in [0.1, 0.15) is 12.1 Å². The Kier molecular flexibility index (Phi) is 5.50. The molecule has 4 heterocycles. The summed E-state index contributed by atoms with van der Waals surface area (Å²) in [7, 11) is 1.15. The van der Waals surface area contributed by atoms with Gasteiger partial charge in [-0.15, -0.1) is 0 Å². The van der Waals surface area contributed by atoms with Gasteiger partial charge in [0, 0.05) is 51.0 Å². The van der Waals surface area contributed by atoms with E-state index >= 15 is 0 Å². The predicted molar refractivity (Wildman–Crippen MR) is 101 cm³/mol. The molecule has 1 amide bonds. The first-order valence-corrected chi connectivity index (χ1v) is 9.66. The summed E-state index contributed by atoms with van der Waals surface area (Å²) in [6.45, 7) is 3.88. The molecule has 0 aromatic carbocycles. The van der Waals surface area contributed by atoms with Crippen molar-refractivity contribution in [2.75, 3.05) is 51.3 Å². The van der Waals surface area contributed by atoms with Crippen LogP contribution >= 0.6 is 0 Å². The molecule has 0 spiro atoms. The molecular formula is C18H22F3N7O2. The zero-order chi connectivity index (χ0) is 21.3. The third kappa shape index (κ3) is 4.04. The van der Waals surface area contributed by atoms with Crippen LogP contribution in [0.25, 0.3) is 11.3 Å². The maximum atomic E-state index is 13.6. The van der Waals surface area contributed by atoms with Crippen LogP contribution in [-0.2, 0) is 17.5 Å². The molecule has 0 saturated carbocycles. The number of alkyl halides is 3. The van der Waals surface area contributed by atoms with E-state index in [9.17, 15) is 18.0 Å². The fourth-order valence-corrected chi connectivity index (χ4v) is 3.40. The molecule has 1 N–H and O–H groups in total. The molecule has 2 aliphatic rings. The highest BCUT2D eigenvalue weighted by molar-refractivity contribution is 5.76. The number of nitrogens with zero attached hydrogens (tertiary/aromatic N) is 6. The molecule has 30 heavy (non-hydrogen) atoms. The first-order chi connectivity index (χ1) is 14.4. The molecule has 162 valence electrons. The fourth-order valence-electron chi connectivity index (χ4n) is 3.40. The van der Waals surface area contributed by atoms with E-state index in [0.717, 1.165) is 26.6 Å². The molecule has 0 atom stereocenters. The zero-order valence-corrected chi connectivity index (χ0v) is 16.4. The first kappa shape index (κ1) is 20.4. The predicted octanol–water partition coefficient (Wildman–Crippen LogP) is 1.01. The zero-order valence-electron chi connectivity index (χ0n) is 16.4. The highest BCUT2D eigenvalue weighted by Gasteiger charge is 2.40. The smallest absolute Gasteiger partial charge is 0.437 e. The van der Waals surface area contributed by atoms with Gasteiger partial charge in [0.2, 0.25) is 11.9 Å². The number of ether oxygens (including phenoxy) is 1. The SMILES string of the molecule is COc1c(-c2cnn(CC(=O)N3CCNCC3)c2)nc(N2CCC2)nc1C(F)(F)F. The summed E-state index contributed by atoms with van der Waals surface area (Å²) in [6, 6.07) is 0. The molecule has 0 aliphatic carbocycles. The van der Waals surface area contributed by atoms with Crippen molar-refractivity contribution >= 4 is 11.9 Å². The van der Waals surface area contributed by atoms with Gasteiger partial charge >= 0.3 is 6.18 Å². The number of halogens is 3. The van der Waals surface area contributed by atoms with Crippen molar-refractivity contribution in [3.05, 3.63) is 18.1 Å². The van der Waals surface area contributed by atoms with E-state index < -0.39 is 17.6 Å². The summed E-state index contributed by atoms with van der Waals surface area (Å²) < 4.78 is 47.3. The van der Waals surface area contributed by atoms with Crippen molar-refractivity contribution in [2.45, 2.75) is 19.1 Å². The van der Waals surface area contributed by atoms with Crippen molar-refractivity contribution in [3.8, 4) is 17.0 Å². The Balaban J connectivity index is 1.65. The van der Waals surface area contributed by atoms with E-state index in [1.165, 1.54) is 17.1 Å². The van der Waals surface area contributed by atoms with Gasteiger partial charge in [0.25, 0.3) is 0 Å². The van der Waals surface area contributed by atoms with Gasteiger partial charge in [-0.05, 0) is 6.42 Å². The van der Waals surface area contributed by atoms with Gasteiger partial charge in [0.15, 0.2) is 11.4 Å².